The van der Waals surface area contributed by atoms with Gasteiger partial charge in [-0.15, -0.1) is 0 Å². The molecule has 1 aliphatic carbocycles. The third-order valence-electron chi connectivity index (χ3n) is 6.14. The van der Waals surface area contributed by atoms with Crippen molar-refractivity contribution in [1.82, 2.24) is 13.7 Å². The largest absolute Gasteiger partial charge is 0.418 e. The van der Waals surface area contributed by atoms with Gasteiger partial charge in [0.15, 0.2) is 0 Å². The number of hydrogen-bond acceptors (Lipinski definition) is 4. The Kier molecular flexibility index (Phi) is 5.19. The van der Waals surface area contributed by atoms with E-state index in [9.17, 15) is 27.6 Å². The lowest BCUT2D eigenvalue weighted by Crippen LogP contribution is -2.41. The summed E-state index contributed by atoms with van der Waals surface area (Å²) in [5.74, 6) is 0. The van der Waals surface area contributed by atoms with E-state index in [0.29, 0.717) is 18.5 Å². The first-order chi connectivity index (χ1) is 16.6. The lowest BCUT2D eigenvalue weighted by atomic mass is 10.1. The zero-order valence-electron chi connectivity index (χ0n) is 18.9. The van der Waals surface area contributed by atoms with Crippen LogP contribution in [0.5, 0.6) is 0 Å². The van der Waals surface area contributed by atoms with E-state index in [1.807, 2.05) is 19.1 Å². The molecule has 1 saturated carbocycles. The van der Waals surface area contributed by atoms with Gasteiger partial charge in [0.25, 0.3) is 11.1 Å². The first kappa shape index (κ1) is 22.7. The van der Waals surface area contributed by atoms with Gasteiger partial charge in [-0.1, -0.05) is 29.8 Å². The Balaban J connectivity index is 1.93. The normalized spacial score (nSPS) is 13.9. The van der Waals surface area contributed by atoms with E-state index in [2.05, 4.69) is 5.32 Å². The van der Waals surface area contributed by atoms with Crippen molar-refractivity contribution < 1.29 is 13.2 Å². The minimum atomic E-state index is -4.76. The van der Waals surface area contributed by atoms with E-state index in [0.717, 1.165) is 31.4 Å². The van der Waals surface area contributed by atoms with E-state index in [4.69, 9.17) is 0 Å². The summed E-state index contributed by atoms with van der Waals surface area (Å²) >= 11 is 0. The van der Waals surface area contributed by atoms with Crippen molar-refractivity contribution in [2.45, 2.75) is 32.0 Å². The second kappa shape index (κ2) is 8.00. The van der Waals surface area contributed by atoms with Crippen molar-refractivity contribution in [3.8, 4) is 5.69 Å². The number of hydrogen-bond donors (Lipinski definition) is 1. The summed E-state index contributed by atoms with van der Waals surface area (Å²) in [6.45, 7) is 1.91. The molecule has 0 radical (unpaired) electrons. The molecule has 1 fully saturated rings. The highest BCUT2D eigenvalue weighted by molar-refractivity contribution is 5.91. The average Bonchev–Trinajstić information content (AvgIpc) is 3.63. The maximum atomic E-state index is 13.9. The van der Waals surface area contributed by atoms with Crippen LogP contribution in [0.4, 0.5) is 24.5 Å². The standard InChI is InChI=1S/C25H21F3N4O3/c1-14-7-9-15(10-8-14)29-18-13-20(33)30(2)22-21(18)23(34)31(16-11-12-16)24(35)32(22)19-6-4-3-5-17(19)25(26,27)28/h3-10,13,16,29H,11-12H2,1-2H3. The summed E-state index contributed by atoms with van der Waals surface area (Å²) in [7, 11) is 1.33. The van der Waals surface area contributed by atoms with Gasteiger partial charge in [0.2, 0.25) is 0 Å². The number of nitrogens with one attached hydrogen (secondary N) is 1. The molecule has 2 aromatic carbocycles. The Hall–Kier alpha value is -4.08. The lowest BCUT2D eigenvalue weighted by Gasteiger charge is -2.21. The Bertz CT molecular complexity index is 1640. The molecule has 0 atom stereocenters. The van der Waals surface area contributed by atoms with E-state index in [1.165, 1.54) is 25.2 Å². The first-order valence-electron chi connectivity index (χ1n) is 11.0. The fraction of sp³-hybridized carbons (Fsp3) is 0.240. The van der Waals surface area contributed by atoms with Crippen LogP contribution < -0.4 is 22.1 Å². The van der Waals surface area contributed by atoms with E-state index in [-0.39, 0.29) is 16.7 Å². The van der Waals surface area contributed by atoms with E-state index >= 15 is 0 Å². The third-order valence-corrected chi connectivity index (χ3v) is 6.14. The number of fused-ring (bicyclic) bond motifs is 1. The van der Waals surface area contributed by atoms with Gasteiger partial charge in [0.05, 0.1) is 16.9 Å². The zero-order valence-corrected chi connectivity index (χ0v) is 18.9. The fourth-order valence-electron chi connectivity index (χ4n) is 4.23. The number of aromatic nitrogens is 3. The highest BCUT2D eigenvalue weighted by Gasteiger charge is 2.36. The number of alkyl halides is 3. The summed E-state index contributed by atoms with van der Waals surface area (Å²) in [6.07, 6.45) is -3.64. The molecule has 10 heteroatoms. The van der Waals surface area contributed by atoms with Gasteiger partial charge in [-0.3, -0.25) is 18.7 Å². The van der Waals surface area contributed by atoms with Crippen LogP contribution in [0.1, 0.15) is 30.0 Å². The van der Waals surface area contributed by atoms with E-state index < -0.39 is 40.3 Å². The summed E-state index contributed by atoms with van der Waals surface area (Å²) in [6, 6.07) is 12.6. The van der Waals surface area contributed by atoms with Crippen LogP contribution in [0, 0.1) is 6.92 Å². The number of nitrogens with zero attached hydrogens (tertiary/aromatic N) is 3. The van der Waals surface area contributed by atoms with Gasteiger partial charge in [-0.05, 0) is 44.0 Å². The summed E-state index contributed by atoms with van der Waals surface area (Å²) in [5.41, 5.74) is -2.18. The van der Waals surface area contributed by atoms with Crippen LogP contribution in [0.2, 0.25) is 0 Å². The molecular weight excluding hydrogens is 461 g/mol. The molecule has 2 aromatic heterocycles. The van der Waals surface area contributed by atoms with Crippen LogP contribution in [0.15, 0.2) is 69.0 Å². The van der Waals surface area contributed by atoms with Crippen molar-refractivity contribution in [1.29, 1.82) is 0 Å². The first-order valence-corrected chi connectivity index (χ1v) is 11.0. The second-order valence-electron chi connectivity index (χ2n) is 8.68. The summed E-state index contributed by atoms with van der Waals surface area (Å²) in [5, 5.41) is 3.00. The average molecular weight is 482 g/mol. The molecule has 180 valence electrons. The molecule has 2 heterocycles. The molecule has 5 rings (SSSR count). The third kappa shape index (κ3) is 3.84. The van der Waals surface area contributed by atoms with E-state index in [1.54, 1.807) is 12.1 Å². The molecule has 0 unspecified atom stereocenters. The van der Waals surface area contributed by atoms with Crippen molar-refractivity contribution in [3.05, 3.63) is 96.9 Å². The van der Waals surface area contributed by atoms with Gasteiger partial charge < -0.3 is 5.32 Å². The van der Waals surface area contributed by atoms with Gasteiger partial charge >= 0.3 is 11.9 Å². The molecule has 1 N–H and O–H groups in total. The van der Waals surface area contributed by atoms with Crippen LogP contribution >= 0.6 is 0 Å². The molecule has 0 spiro atoms. The Morgan fingerprint density at radius 1 is 0.971 bits per heavy atom. The quantitative estimate of drug-likeness (QED) is 0.472. The molecule has 0 bridgehead atoms. The van der Waals surface area contributed by atoms with Crippen LogP contribution in [-0.2, 0) is 13.2 Å². The van der Waals surface area contributed by atoms with Crippen LogP contribution in [-0.4, -0.2) is 13.7 Å². The number of para-hydroxylation sites is 1. The number of aryl methyl sites for hydroxylation is 2. The van der Waals surface area contributed by atoms with Crippen molar-refractivity contribution in [2.24, 2.45) is 7.05 Å². The molecule has 0 amide bonds. The maximum Gasteiger partial charge on any atom is 0.418 e. The highest BCUT2D eigenvalue weighted by atomic mass is 19.4. The smallest absolute Gasteiger partial charge is 0.355 e. The highest BCUT2D eigenvalue weighted by Crippen LogP contribution is 2.36. The molecule has 7 nitrogen and oxygen atoms in total. The van der Waals surface area contributed by atoms with Crippen LogP contribution in [0.3, 0.4) is 0 Å². The molecule has 4 aromatic rings. The molecule has 0 saturated heterocycles. The Labute approximate surface area is 196 Å². The van der Waals surface area contributed by atoms with Gasteiger partial charge in [-0.25, -0.2) is 9.36 Å². The number of benzene rings is 2. The lowest BCUT2D eigenvalue weighted by molar-refractivity contribution is -0.137. The molecule has 1 aliphatic rings. The predicted molar refractivity (Wildman–Crippen MR) is 127 cm³/mol. The number of rotatable bonds is 4. The van der Waals surface area contributed by atoms with Crippen molar-refractivity contribution in [2.75, 3.05) is 5.32 Å². The minimum Gasteiger partial charge on any atom is -0.355 e. The van der Waals surface area contributed by atoms with Gasteiger partial charge in [0, 0.05) is 24.8 Å². The SMILES string of the molecule is Cc1ccc(Nc2cc(=O)n(C)c3c2c(=O)n(C2CC2)c(=O)n3-c2ccccc2C(F)(F)F)cc1. The molecule has 0 aliphatic heterocycles. The zero-order chi connectivity index (χ0) is 25.1. The minimum absolute atomic E-state index is 0.0452. The number of halogens is 3. The summed E-state index contributed by atoms with van der Waals surface area (Å²) in [4.78, 5) is 40.0. The molecular formula is C25H21F3N4O3. The fourth-order valence-corrected chi connectivity index (χ4v) is 4.23. The Morgan fingerprint density at radius 3 is 2.26 bits per heavy atom. The van der Waals surface area contributed by atoms with Crippen molar-refractivity contribution >= 4 is 22.4 Å². The maximum absolute atomic E-state index is 13.9. The molecule has 35 heavy (non-hydrogen) atoms. The van der Waals surface area contributed by atoms with Gasteiger partial charge in [0.1, 0.15) is 11.0 Å². The van der Waals surface area contributed by atoms with Gasteiger partial charge in [-0.2, -0.15) is 13.2 Å². The number of anilines is 2. The monoisotopic (exact) mass is 482 g/mol. The Morgan fingerprint density at radius 2 is 1.63 bits per heavy atom. The van der Waals surface area contributed by atoms with Crippen molar-refractivity contribution in [3.63, 3.8) is 0 Å². The summed E-state index contributed by atoms with van der Waals surface area (Å²) < 4.78 is 44.7. The second-order valence-corrected chi connectivity index (χ2v) is 8.68. The topological polar surface area (TPSA) is 78.0 Å². The van der Waals surface area contributed by atoms with Crippen LogP contribution in [0.25, 0.3) is 16.7 Å². The predicted octanol–water partition coefficient (Wildman–Crippen LogP) is 4.26. The number of pyridine rings is 1.